The van der Waals surface area contributed by atoms with Gasteiger partial charge in [0.05, 0.1) is 18.6 Å². The van der Waals surface area contributed by atoms with Crippen LogP contribution >= 0.6 is 11.6 Å². The first-order chi connectivity index (χ1) is 13.8. The lowest BCUT2D eigenvalue weighted by Crippen LogP contribution is -2.08. The van der Waals surface area contributed by atoms with Gasteiger partial charge in [0.1, 0.15) is 5.02 Å². The van der Waals surface area contributed by atoms with E-state index in [9.17, 15) is 14.9 Å². The second kappa shape index (κ2) is 10.5. The molecule has 2 aromatic rings. The number of benzene rings is 2. The number of anilines is 1. The molecule has 8 heteroatoms. The molecule has 0 aliphatic carbocycles. The quantitative estimate of drug-likeness (QED) is 0.337. The average molecular weight is 419 g/mol. The molecule has 0 aliphatic heterocycles. The molecule has 7 nitrogen and oxygen atoms in total. The van der Waals surface area contributed by atoms with Crippen molar-refractivity contribution in [3.05, 3.63) is 63.2 Å². The van der Waals surface area contributed by atoms with E-state index in [0.717, 1.165) is 12.0 Å². The summed E-state index contributed by atoms with van der Waals surface area (Å²) in [5, 5.41) is 13.5. The Labute approximate surface area is 174 Å². The summed E-state index contributed by atoms with van der Waals surface area (Å²) in [4.78, 5) is 22.4. The highest BCUT2D eigenvalue weighted by Gasteiger charge is 2.13. The third-order valence-corrected chi connectivity index (χ3v) is 4.30. The number of halogens is 1. The summed E-state index contributed by atoms with van der Waals surface area (Å²) >= 11 is 5.77. The van der Waals surface area contributed by atoms with Gasteiger partial charge in [0.25, 0.3) is 5.69 Å². The molecular weight excluding hydrogens is 396 g/mol. The molecule has 29 heavy (non-hydrogen) atoms. The average Bonchev–Trinajstić information content (AvgIpc) is 2.68. The highest BCUT2D eigenvalue weighted by Crippen LogP contribution is 2.29. The van der Waals surface area contributed by atoms with Gasteiger partial charge in [-0.3, -0.25) is 14.9 Å². The third kappa shape index (κ3) is 6.80. The molecule has 0 fully saturated rings. The number of ether oxygens (including phenoxy) is 2. The van der Waals surface area contributed by atoms with Crippen LogP contribution in [0.4, 0.5) is 11.4 Å². The first-order valence-electron chi connectivity index (χ1n) is 9.04. The number of methoxy groups -OCH3 is 1. The molecular formula is C21H23ClN2O5. The van der Waals surface area contributed by atoms with Gasteiger partial charge >= 0.3 is 0 Å². The van der Waals surface area contributed by atoms with Crippen molar-refractivity contribution in [1.82, 2.24) is 0 Å². The zero-order valence-electron chi connectivity index (χ0n) is 16.5. The zero-order chi connectivity index (χ0) is 21.4. The summed E-state index contributed by atoms with van der Waals surface area (Å²) in [7, 11) is 1.55. The molecule has 0 aromatic heterocycles. The molecule has 1 N–H and O–H groups in total. The van der Waals surface area contributed by atoms with Gasteiger partial charge in [0.2, 0.25) is 5.91 Å². The van der Waals surface area contributed by atoms with Gasteiger partial charge in [-0.25, -0.2) is 0 Å². The molecule has 2 aromatic carbocycles. The summed E-state index contributed by atoms with van der Waals surface area (Å²) < 4.78 is 11.1. The van der Waals surface area contributed by atoms with Crippen molar-refractivity contribution in [3.8, 4) is 11.5 Å². The lowest BCUT2D eigenvalue weighted by atomic mass is 10.1. The summed E-state index contributed by atoms with van der Waals surface area (Å²) in [6.45, 7) is 4.85. The summed E-state index contributed by atoms with van der Waals surface area (Å²) in [5.41, 5.74) is 0.753. The first kappa shape index (κ1) is 22.2. The predicted molar refractivity (Wildman–Crippen MR) is 114 cm³/mol. The Morgan fingerprint density at radius 2 is 2.00 bits per heavy atom. The first-order valence-corrected chi connectivity index (χ1v) is 9.41. The van der Waals surface area contributed by atoms with Crippen LogP contribution in [0.1, 0.15) is 25.8 Å². The Morgan fingerprint density at radius 1 is 1.24 bits per heavy atom. The number of nitrogens with zero attached hydrogens (tertiary/aromatic N) is 1. The summed E-state index contributed by atoms with van der Waals surface area (Å²) in [5.74, 6) is 1.33. The maximum Gasteiger partial charge on any atom is 0.289 e. The fraction of sp³-hybridized carbons (Fsp3) is 0.286. The second-order valence-electron chi connectivity index (χ2n) is 6.69. The maximum atomic E-state index is 12.1. The van der Waals surface area contributed by atoms with Crippen molar-refractivity contribution in [2.75, 3.05) is 19.0 Å². The van der Waals surface area contributed by atoms with E-state index >= 15 is 0 Å². The fourth-order valence-electron chi connectivity index (χ4n) is 2.40. The normalized spacial score (nSPS) is 10.9. The molecule has 0 atom stereocenters. The van der Waals surface area contributed by atoms with Gasteiger partial charge in [0, 0.05) is 17.8 Å². The monoisotopic (exact) mass is 418 g/mol. The van der Waals surface area contributed by atoms with Crippen LogP contribution in [-0.4, -0.2) is 24.5 Å². The molecule has 0 heterocycles. The Morgan fingerprint density at radius 3 is 2.66 bits per heavy atom. The van der Waals surface area contributed by atoms with Crippen molar-refractivity contribution >= 4 is 35.0 Å². The molecule has 1 amide bonds. The van der Waals surface area contributed by atoms with Crippen LogP contribution in [0.2, 0.25) is 5.02 Å². The van der Waals surface area contributed by atoms with E-state index in [-0.39, 0.29) is 16.4 Å². The number of carbonyl (C=O) groups is 1. The molecule has 2 rings (SSSR count). The highest BCUT2D eigenvalue weighted by atomic mass is 35.5. The van der Waals surface area contributed by atoms with Crippen LogP contribution < -0.4 is 14.8 Å². The number of nitro groups is 1. The van der Waals surface area contributed by atoms with Gasteiger partial charge in [-0.2, -0.15) is 0 Å². The second-order valence-corrected chi connectivity index (χ2v) is 7.09. The van der Waals surface area contributed by atoms with E-state index in [2.05, 4.69) is 19.2 Å². The molecule has 0 bridgehead atoms. The molecule has 0 aliphatic rings. The minimum absolute atomic E-state index is 0.00587. The summed E-state index contributed by atoms with van der Waals surface area (Å²) in [6.07, 6.45) is 3.88. The van der Waals surface area contributed by atoms with Crippen molar-refractivity contribution in [1.29, 1.82) is 0 Å². The number of nitrogens with one attached hydrogen (secondary N) is 1. The van der Waals surface area contributed by atoms with Crippen LogP contribution in [0.15, 0.2) is 42.5 Å². The van der Waals surface area contributed by atoms with Gasteiger partial charge in [-0.1, -0.05) is 31.5 Å². The largest absolute Gasteiger partial charge is 0.493 e. The Balaban J connectivity index is 2.04. The van der Waals surface area contributed by atoms with Gasteiger partial charge in [-0.05, 0) is 48.2 Å². The van der Waals surface area contributed by atoms with Gasteiger partial charge in [-0.15, -0.1) is 0 Å². The Bertz CT molecular complexity index is 912. The number of rotatable bonds is 9. The number of hydrogen-bond acceptors (Lipinski definition) is 5. The van der Waals surface area contributed by atoms with E-state index in [1.807, 2.05) is 6.07 Å². The van der Waals surface area contributed by atoms with E-state index in [0.29, 0.717) is 24.0 Å². The zero-order valence-corrected chi connectivity index (χ0v) is 17.2. The van der Waals surface area contributed by atoms with Crippen LogP contribution in [0.25, 0.3) is 6.08 Å². The Hall–Kier alpha value is -3.06. The number of amides is 1. The fourth-order valence-corrected chi connectivity index (χ4v) is 2.58. The minimum atomic E-state index is -0.606. The Kier molecular flexibility index (Phi) is 8.03. The van der Waals surface area contributed by atoms with Gasteiger partial charge in [0.15, 0.2) is 11.5 Å². The SMILES string of the molecule is COc1cc(C=CC(=O)Nc2ccc(Cl)c([N+](=O)[O-])c2)ccc1OCCC(C)C. The third-order valence-electron chi connectivity index (χ3n) is 3.98. The van der Waals surface area contributed by atoms with E-state index in [4.69, 9.17) is 21.1 Å². The van der Waals surface area contributed by atoms with Crippen LogP contribution in [0, 0.1) is 16.0 Å². The maximum absolute atomic E-state index is 12.1. The van der Waals surface area contributed by atoms with Crippen LogP contribution in [0.5, 0.6) is 11.5 Å². The van der Waals surface area contributed by atoms with Crippen LogP contribution in [-0.2, 0) is 4.79 Å². The number of carbonyl (C=O) groups excluding carboxylic acids is 1. The predicted octanol–water partition coefficient (Wildman–Crippen LogP) is 5.33. The number of nitro benzene ring substituents is 1. The van der Waals surface area contributed by atoms with Crippen molar-refractivity contribution < 1.29 is 19.2 Å². The molecule has 0 saturated heterocycles. The van der Waals surface area contributed by atoms with E-state index in [1.165, 1.54) is 24.3 Å². The molecule has 0 unspecified atom stereocenters. The van der Waals surface area contributed by atoms with Crippen molar-refractivity contribution in [2.24, 2.45) is 5.92 Å². The lowest BCUT2D eigenvalue weighted by Gasteiger charge is -2.12. The number of hydrogen-bond donors (Lipinski definition) is 1. The topological polar surface area (TPSA) is 90.7 Å². The van der Waals surface area contributed by atoms with Crippen LogP contribution in [0.3, 0.4) is 0 Å². The van der Waals surface area contributed by atoms with Gasteiger partial charge < -0.3 is 14.8 Å². The molecule has 0 radical (unpaired) electrons. The standard InChI is InChI=1S/C21H23ClN2O5/c1-14(2)10-11-29-19-8-4-15(12-20(19)28-3)5-9-21(25)23-16-6-7-17(22)18(13-16)24(26)27/h4-9,12-14H,10-11H2,1-3H3,(H,23,25). The van der Waals surface area contributed by atoms with E-state index < -0.39 is 10.8 Å². The summed E-state index contributed by atoms with van der Waals surface area (Å²) in [6, 6.07) is 9.43. The van der Waals surface area contributed by atoms with E-state index in [1.54, 1.807) is 25.3 Å². The smallest absolute Gasteiger partial charge is 0.289 e. The molecule has 0 spiro atoms. The molecule has 154 valence electrons. The molecule has 0 saturated carbocycles. The highest BCUT2D eigenvalue weighted by molar-refractivity contribution is 6.32. The van der Waals surface area contributed by atoms with Crippen molar-refractivity contribution in [2.45, 2.75) is 20.3 Å². The van der Waals surface area contributed by atoms with Crippen molar-refractivity contribution in [3.63, 3.8) is 0 Å². The lowest BCUT2D eigenvalue weighted by molar-refractivity contribution is -0.384. The minimum Gasteiger partial charge on any atom is -0.493 e.